The molecule has 0 bridgehead atoms. The van der Waals surface area contributed by atoms with E-state index in [0.29, 0.717) is 21.4 Å². The summed E-state index contributed by atoms with van der Waals surface area (Å²) >= 11 is 4.63. The molecule has 0 atom stereocenters. The summed E-state index contributed by atoms with van der Waals surface area (Å²) in [5, 5.41) is 0.665. The molecule has 7 heteroatoms. The SMILES string of the molecule is Nc1cccnc1SCCS(=O)(=O)c1ccc(Br)cc1. The second-order valence-corrected chi connectivity index (χ2v) is 8.13. The summed E-state index contributed by atoms with van der Waals surface area (Å²) in [4.78, 5) is 4.45. The molecule has 0 saturated heterocycles. The second-order valence-electron chi connectivity index (χ2n) is 4.02. The molecule has 2 aromatic rings. The fraction of sp³-hybridized carbons (Fsp3) is 0.154. The van der Waals surface area contributed by atoms with Crippen molar-refractivity contribution in [3.63, 3.8) is 0 Å². The summed E-state index contributed by atoms with van der Waals surface area (Å²) in [5.41, 5.74) is 6.33. The van der Waals surface area contributed by atoms with Gasteiger partial charge >= 0.3 is 0 Å². The molecular formula is C13H13BrN2O2S2. The summed E-state index contributed by atoms with van der Waals surface area (Å²) in [6.45, 7) is 0. The van der Waals surface area contributed by atoms with Crippen molar-refractivity contribution in [3.05, 3.63) is 47.1 Å². The van der Waals surface area contributed by atoms with Crippen LogP contribution in [0.4, 0.5) is 5.69 Å². The van der Waals surface area contributed by atoms with Crippen molar-refractivity contribution in [3.8, 4) is 0 Å². The van der Waals surface area contributed by atoms with Crippen LogP contribution in [0.1, 0.15) is 0 Å². The van der Waals surface area contributed by atoms with E-state index in [1.807, 2.05) is 0 Å². The van der Waals surface area contributed by atoms with Gasteiger partial charge in [-0.05, 0) is 36.4 Å². The molecule has 1 heterocycles. The first-order chi connectivity index (χ1) is 9.49. The standard InChI is InChI=1S/C13H13BrN2O2S2/c14-10-3-5-11(6-4-10)20(17,18)9-8-19-13-12(15)2-1-7-16-13/h1-7H,8-9,15H2. The van der Waals surface area contributed by atoms with Crippen LogP contribution in [0.2, 0.25) is 0 Å². The van der Waals surface area contributed by atoms with Gasteiger partial charge in [0, 0.05) is 16.4 Å². The van der Waals surface area contributed by atoms with Gasteiger partial charge in [0.1, 0.15) is 5.03 Å². The topological polar surface area (TPSA) is 73.0 Å². The van der Waals surface area contributed by atoms with Gasteiger partial charge in [0.25, 0.3) is 0 Å². The van der Waals surface area contributed by atoms with Gasteiger partial charge in [-0.15, -0.1) is 11.8 Å². The highest BCUT2D eigenvalue weighted by atomic mass is 79.9. The number of sulfone groups is 1. The second kappa shape index (κ2) is 6.60. The Morgan fingerprint density at radius 3 is 2.55 bits per heavy atom. The number of aromatic nitrogens is 1. The Morgan fingerprint density at radius 1 is 1.20 bits per heavy atom. The minimum atomic E-state index is -3.27. The van der Waals surface area contributed by atoms with Crippen LogP contribution in [0, 0.1) is 0 Å². The number of thioether (sulfide) groups is 1. The zero-order valence-corrected chi connectivity index (χ0v) is 13.7. The van der Waals surface area contributed by atoms with Crippen LogP contribution in [0.5, 0.6) is 0 Å². The van der Waals surface area contributed by atoms with Gasteiger partial charge in [0.15, 0.2) is 9.84 Å². The Balaban J connectivity index is 2.00. The molecule has 0 unspecified atom stereocenters. The number of benzene rings is 1. The molecule has 1 aromatic heterocycles. The predicted octanol–water partition coefficient (Wildman–Crippen LogP) is 2.99. The van der Waals surface area contributed by atoms with Crippen LogP contribution in [-0.2, 0) is 9.84 Å². The molecule has 0 radical (unpaired) electrons. The van der Waals surface area contributed by atoms with Crippen molar-refractivity contribution in [2.45, 2.75) is 9.92 Å². The molecule has 0 aliphatic rings. The Kier molecular flexibility index (Phi) is 5.06. The average molecular weight is 373 g/mol. The molecule has 4 nitrogen and oxygen atoms in total. The van der Waals surface area contributed by atoms with Crippen molar-refractivity contribution < 1.29 is 8.42 Å². The lowest BCUT2D eigenvalue weighted by Gasteiger charge is -2.05. The highest BCUT2D eigenvalue weighted by molar-refractivity contribution is 9.10. The molecule has 0 amide bonds. The molecule has 1 aromatic carbocycles. The van der Waals surface area contributed by atoms with Gasteiger partial charge in [-0.25, -0.2) is 13.4 Å². The molecule has 0 aliphatic heterocycles. The Bertz CT molecular complexity index is 688. The van der Waals surface area contributed by atoms with Crippen LogP contribution in [0.15, 0.2) is 57.0 Å². The van der Waals surface area contributed by atoms with Crippen molar-refractivity contribution in [2.24, 2.45) is 0 Å². The molecule has 0 saturated carbocycles. The van der Waals surface area contributed by atoms with E-state index < -0.39 is 9.84 Å². The van der Waals surface area contributed by atoms with Crippen LogP contribution in [0.25, 0.3) is 0 Å². The van der Waals surface area contributed by atoms with Gasteiger partial charge in [-0.1, -0.05) is 15.9 Å². The van der Waals surface area contributed by atoms with Gasteiger partial charge < -0.3 is 5.73 Å². The van der Waals surface area contributed by atoms with Crippen LogP contribution in [-0.4, -0.2) is 24.9 Å². The van der Waals surface area contributed by atoms with E-state index in [-0.39, 0.29) is 5.75 Å². The number of nitrogens with two attached hydrogens (primary N) is 1. The zero-order valence-electron chi connectivity index (χ0n) is 10.5. The van der Waals surface area contributed by atoms with E-state index in [2.05, 4.69) is 20.9 Å². The monoisotopic (exact) mass is 372 g/mol. The minimum absolute atomic E-state index is 0.0509. The van der Waals surface area contributed by atoms with Gasteiger partial charge in [0.2, 0.25) is 0 Å². The first-order valence-electron chi connectivity index (χ1n) is 5.81. The summed E-state index contributed by atoms with van der Waals surface area (Å²) in [5.74, 6) is 0.467. The third-order valence-corrected chi connectivity index (χ3v) is 6.11. The Morgan fingerprint density at radius 2 is 1.90 bits per heavy atom. The van der Waals surface area contributed by atoms with Gasteiger partial charge in [-0.3, -0.25) is 0 Å². The zero-order chi connectivity index (χ0) is 14.6. The van der Waals surface area contributed by atoms with Crippen molar-refractivity contribution in [1.82, 2.24) is 4.98 Å². The lowest BCUT2D eigenvalue weighted by atomic mass is 10.4. The van der Waals surface area contributed by atoms with Gasteiger partial charge in [0.05, 0.1) is 16.3 Å². The van der Waals surface area contributed by atoms with E-state index >= 15 is 0 Å². The van der Waals surface area contributed by atoms with Gasteiger partial charge in [-0.2, -0.15) is 0 Å². The van der Waals surface area contributed by atoms with E-state index in [0.717, 1.165) is 4.47 Å². The maximum atomic E-state index is 12.1. The third-order valence-electron chi connectivity index (χ3n) is 2.56. The number of hydrogen-bond acceptors (Lipinski definition) is 5. The third kappa shape index (κ3) is 3.97. The number of anilines is 1. The lowest BCUT2D eigenvalue weighted by molar-refractivity contribution is 0.597. The number of nitrogen functional groups attached to an aromatic ring is 1. The maximum absolute atomic E-state index is 12.1. The molecule has 20 heavy (non-hydrogen) atoms. The summed E-state index contributed by atoms with van der Waals surface area (Å²) in [6, 6.07) is 10.1. The minimum Gasteiger partial charge on any atom is -0.397 e. The fourth-order valence-corrected chi connectivity index (χ4v) is 4.36. The summed E-state index contributed by atoms with van der Waals surface area (Å²) in [6.07, 6.45) is 1.64. The highest BCUT2D eigenvalue weighted by Gasteiger charge is 2.14. The number of halogens is 1. The maximum Gasteiger partial charge on any atom is 0.179 e. The van der Waals surface area contributed by atoms with Crippen LogP contribution < -0.4 is 5.73 Å². The molecular weight excluding hydrogens is 360 g/mol. The quantitative estimate of drug-likeness (QED) is 0.816. The smallest absolute Gasteiger partial charge is 0.179 e. The fourth-order valence-electron chi connectivity index (χ4n) is 1.53. The average Bonchev–Trinajstić information content (AvgIpc) is 2.41. The van der Waals surface area contributed by atoms with Crippen molar-refractivity contribution >= 4 is 43.2 Å². The first-order valence-corrected chi connectivity index (χ1v) is 9.24. The van der Waals surface area contributed by atoms with Crippen molar-refractivity contribution in [2.75, 3.05) is 17.2 Å². The molecule has 106 valence electrons. The number of nitrogens with zero attached hydrogens (tertiary/aromatic N) is 1. The first kappa shape index (κ1) is 15.3. The Labute approximate surface area is 130 Å². The van der Waals surface area contributed by atoms with E-state index in [9.17, 15) is 8.42 Å². The largest absolute Gasteiger partial charge is 0.397 e. The molecule has 0 aliphatic carbocycles. The summed E-state index contributed by atoms with van der Waals surface area (Å²) in [7, 11) is -3.27. The molecule has 2 N–H and O–H groups in total. The number of rotatable bonds is 5. The molecule has 0 fully saturated rings. The van der Waals surface area contributed by atoms with E-state index in [1.165, 1.54) is 11.8 Å². The lowest BCUT2D eigenvalue weighted by Crippen LogP contribution is -2.09. The van der Waals surface area contributed by atoms with Crippen LogP contribution in [0.3, 0.4) is 0 Å². The van der Waals surface area contributed by atoms with E-state index in [1.54, 1.807) is 42.6 Å². The normalized spacial score (nSPS) is 11.4. The van der Waals surface area contributed by atoms with E-state index in [4.69, 9.17) is 5.73 Å². The Hall–Kier alpha value is -1.05. The highest BCUT2D eigenvalue weighted by Crippen LogP contribution is 2.23. The number of pyridine rings is 1. The molecule has 0 spiro atoms. The summed E-state index contributed by atoms with van der Waals surface area (Å²) < 4.78 is 25.1. The molecule has 2 rings (SSSR count). The van der Waals surface area contributed by atoms with Crippen molar-refractivity contribution in [1.29, 1.82) is 0 Å². The predicted molar refractivity (Wildman–Crippen MR) is 85.6 cm³/mol. The number of hydrogen-bond donors (Lipinski definition) is 1. The van der Waals surface area contributed by atoms with Crippen LogP contribution >= 0.6 is 27.7 Å².